The summed E-state index contributed by atoms with van der Waals surface area (Å²) in [5.41, 5.74) is 4.34. The third-order valence-corrected chi connectivity index (χ3v) is 7.48. The molecule has 3 heterocycles. The van der Waals surface area contributed by atoms with Crippen molar-refractivity contribution < 1.29 is 14.3 Å². The predicted molar refractivity (Wildman–Crippen MR) is 165 cm³/mol. The Labute approximate surface area is 249 Å². The minimum absolute atomic E-state index is 0.299. The highest BCUT2D eigenvalue weighted by molar-refractivity contribution is 5.92. The van der Waals surface area contributed by atoms with Crippen molar-refractivity contribution in [2.75, 3.05) is 14.2 Å². The second-order valence-electron chi connectivity index (χ2n) is 10.1. The quantitative estimate of drug-likeness (QED) is 0.208. The summed E-state index contributed by atoms with van der Waals surface area (Å²) in [6.45, 7) is 0. The maximum absolute atomic E-state index is 13.5. The first kappa shape index (κ1) is 27.7. The van der Waals surface area contributed by atoms with Crippen LogP contribution < -0.4 is 14.8 Å². The first-order valence-electron chi connectivity index (χ1n) is 14.1. The Morgan fingerprint density at radius 1 is 0.907 bits per heavy atom. The molecule has 0 aliphatic rings. The van der Waals surface area contributed by atoms with Crippen molar-refractivity contribution in [1.82, 2.24) is 30.0 Å². The second kappa shape index (κ2) is 12.6. The first-order valence-corrected chi connectivity index (χ1v) is 14.1. The molecule has 6 aromatic rings. The molecule has 3 aromatic carbocycles. The monoisotopic (exact) mass is 572 g/mol. The molecule has 1 unspecified atom stereocenters. The topological polar surface area (TPSA) is 107 Å². The molecule has 0 spiro atoms. The lowest BCUT2D eigenvalue weighted by molar-refractivity contribution is 0.0929. The number of ether oxygens (including phenoxy) is 2. The standard InChI is InChI=1S/C34H32N6O3/c1-42-25-16-17-30(31(21-25)43-2)40-32(18-15-23-10-4-3-5-11-23)38-39-33(40)29(37-34(41)28-14-8-9-19-35-28)20-24-22-36-27-13-7-6-12-26(24)27/h3-14,16-17,19,21-22,29,36H,15,18,20H2,1-2H3,(H,37,41). The number of aromatic amines is 1. The third kappa shape index (κ3) is 5.97. The van der Waals surface area contributed by atoms with E-state index in [0.717, 1.165) is 34.4 Å². The molecule has 9 nitrogen and oxygen atoms in total. The summed E-state index contributed by atoms with van der Waals surface area (Å²) in [5, 5.41) is 13.7. The first-order chi connectivity index (χ1) is 21.1. The number of nitrogens with zero attached hydrogens (tertiary/aromatic N) is 4. The number of benzene rings is 3. The highest BCUT2D eigenvalue weighted by Crippen LogP contribution is 2.33. The number of fused-ring (bicyclic) bond motifs is 1. The summed E-state index contributed by atoms with van der Waals surface area (Å²) in [4.78, 5) is 21.1. The lowest BCUT2D eigenvalue weighted by atomic mass is 10.0. The van der Waals surface area contributed by atoms with Crippen LogP contribution in [0.4, 0.5) is 0 Å². The summed E-state index contributed by atoms with van der Waals surface area (Å²) >= 11 is 0. The van der Waals surface area contributed by atoms with Crippen LogP contribution in [0.25, 0.3) is 16.6 Å². The summed E-state index contributed by atoms with van der Waals surface area (Å²) in [6.07, 6.45) is 5.45. The van der Waals surface area contributed by atoms with Gasteiger partial charge in [-0.3, -0.25) is 14.3 Å². The number of carbonyl (C=O) groups excluding carboxylic acids is 1. The van der Waals surface area contributed by atoms with Gasteiger partial charge in [0.25, 0.3) is 5.91 Å². The van der Waals surface area contributed by atoms with Crippen LogP contribution in [0, 0.1) is 0 Å². The Kier molecular flexibility index (Phi) is 8.13. The van der Waals surface area contributed by atoms with E-state index < -0.39 is 6.04 Å². The number of nitrogens with one attached hydrogen (secondary N) is 2. The van der Waals surface area contributed by atoms with E-state index in [1.165, 1.54) is 5.56 Å². The van der Waals surface area contributed by atoms with Gasteiger partial charge in [0.1, 0.15) is 23.0 Å². The highest BCUT2D eigenvalue weighted by Gasteiger charge is 2.27. The normalized spacial score (nSPS) is 11.8. The van der Waals surface area contributed by atoms with Gasteiger partial charge in [-0.1, -0.05) is 54.6 Å². The van der Waals surface area contributed by atoms with Gasteiger partial charge in [-0.25, -0.2) is 0 Å². The van der Waals surface area contributed by atoms with E-state index in [0.29, 0.717) is 35.9 Å². The molecular weight excluding hydrogens is 540 g/mol. The molecule has 0 radical (unpaired) electrons. The van der Waals surface area contributed by atoms with E-state index in [1.807, 2.05) is 65.4 Å². The molecule has 3 aromatic heterocycles. The van der Waals surface area contributed by atoms with Gasteiger partial charge < -0.3 is 19.8 Å². The zero-order valence-electron chi connectivity index (χ0n) is 24.0. The van der Waals surface area contributed by atoms with Crippen LogP contribution in [-0.4, -0.2) is 44.9 Å². The number of methoxy groups -OCH3 is 2. The molecule has 2 N–H and O–H groups in total. The van der Waals surface area contributed by atoms with Gasteiger partial charge in [0.05, 0.1) is 25.9 Å². The Morgan fingerprint density at radius 3 is 2.51 bits per heavy atom. The average molecular weight is 573 g/mol. The average Bonchev–Trinajstić information content (AvgIpc) is 3.68. The SMILES string of the molecule is COc1ccc(-n2c(CCc3ccccc3)nnc2C(Cc2c[nH]c3ccccc23)NC(=O)c2ccccn2)c(OC)c1. The second-order valence-corrected chi connectivity index (χ2v) is 10.1. The number of amides is 1. The zero-order chi connectivity index (χ0) is 29.6. The smallest absolute Gasteiger partial charge is 0.270 e. The zero-order valence-corrected chi connectivity index (χ0v) is 24.0. The fourth-order valence-electron chi connectivity index (χ4n) is 5.31. The van der Waals surface area contributed by atoms with Crippen molar-refractivity contribution in [2.45, 2.75) is 25.3 Å². The van der Waals surface area contributed by atoms with Crippen LogP contribution in [0.3, 0.4) is 0 Å². The van der Waals surface area contributed by atoms with E-state index in [-0.39, 0.29) is 5.91 Å². The molecular formula is C34H32N6O3. The largest absolute Gasteiger partial charge is 0.497 e. The van der Waals surface area contributed by atoms with Crippen LogP contribution >= 0.6 is 0 Å². The summed E-state index contributed by atoms with van der Waals surface area (Å²) in [7, 11) is 3.24. The number of para-hydroxylation sites is 1. The Hall–Kier alpha value is -5.44. The van der Waals surface area contributed by atoms with Crippen LogP contribution in [0.5, 0.6) is 11.5 Å². The number of rotatable bonds is 11. The lowest BCUT2D eigenvalue weighted by Crippen LogP contribution is -2.32. The van der Waals surface area contributed by atoms with E-state index in [4.69, 9.17) is 14.6 Å². The molecule has 1 atom stereocenters. The van der Waals surface area contributed by atoms with Crippen molar-refractivity contribution in [3.63, 3.8) is 0 Å². The number of carbonyl (C=O) groups is 1. The number of pyridine rings is 1. The summed E-state index contributed by atoms with van der Waals surface area (Å²) in [6, 6.07) is 28.7. The van der Waals surface area contributed by atoms with Crippen molar-refractivity contribution in [2.24, 2.45) is 0 Å². The maximum Gasteiger partial charge on any atom is 0.270 e. The van der Waals surface area contributed by atoms with Crippen LogP contribution in [0.1, 0.15) is 39.3 Å². The van der Waals surface area contributed by atoms with E-state index in [2.05, 4.69) is 38.6 Å². The van der Waals surface area contributed by atoms with Gasteiger partial charge in [-0.2, -0.15) is 0 Å². The van der Waals surface area contributed by atoms with Gasteiger partial charge in [0, 0.05) is 42.2 Å². The van der Waals surface area contributed by atoms with Crippen molar-refractivity contribution >= 4 is 16.8 Å². The molecule has 9 heteroatoms. The van der Waals surface area contributed by atoms with Crippen LogP contribution in [0.2, 0.25) is 0 Å². The van der Waals surface area contributed by atoms with Gasteiger partial charge in [0.2, 0.25) is 0 Å². The van der Waals surface area contributed by atoms with Gasteiger partial charge in [-0.05, 0) is 47.9 Å². The van der Waals surface area contributed by atoms with E-state index in [9.17, 15) is 4.79 Å². The van der Waals surface area contributed by atoms with Crippen molar-refractivity contribution in [3.8, 4) is 17.2 Å². The fraction of sp³-hybridized carbons (Fsp3) is 0.176. The molecule has 0 aliphatic carbocycles. The minimum Gasteiger partial charge on any atom is -0.497 e. The molecule has 43 heavy (non-hydrogen) atoms. The minimum atomic E-state index is -0.543. The Balaban J connectivity index is 1.46. The summed E-state index contributed by atoms with van der Waals surface area (Å²) < 4.78 is 13.3. The lowest BCUT2D eigenvalue weighted by Gasteiger charge is -2.21. The molecule has 0 saturated carbocycles. The molecule has 0 saturated heterocycles. The molecule has 0 aliphatic heterocycles. The number of aromatic nitrogens is 5. The number of H-pyrrole nitrogens is 1. The van der Waals surface area contributed by atoms with Gasteiger partial charge in [-0.15, -0.1) is 10.2 Å². The highest BCUT2D eigenvalue weighted by atomic mass is 16.5. The van der Waals surface area contributed by atoms with Crippen molar-refractivity contribution in [3.05, 3.63) is 132 Å². The Bertz CT molecular complexity index is 1830. The van der Waals surface area contributed by atoms with Crippen LogP contribution in [-0.2, 0) is 19.3 Å². The molecule has 1 amide bonds. The molecule has 216 valence electrons. The van der Waals surface area contributed by atoms with Gasteiger partial charge >= 0.3 is 0 Å². The Morgan fingerprint density at radius 2 is 1.72 bits per heavy atom. The molecule has 0 bridgehead atoms. The summed E-state index contributed by atoms with van der Waals surface area (Å²) in [5.74, 6) is 2.30. The predicted octanol–water partition coefficient (Wildman–Crippen LogP) is 5.66. The molecule has 6 rings (SSSR count). The number of hydrogen-bond donors (Lipinski definition) is 2. The third-order valence-electron chi connectivity index (χ3n) is 7.48. The van der Waals surface area contributed by atoms with Gasteiger partial charge in [0.15, 0.2) is 5.82 Å². The fourth-order valence-corrected chi connectivity index (χ4v) is 5.31. The number of aryl methyl sites for hydroxylation is 2. The van der Waals surface area contributed by atoms with E-state index >= 15 is 0 Å². The van der Waals surface area contributed by atoms with E-state index in [1.54, 1.807) is 38.6 Å². The number of hydrogen-bond acceptors (Lipinski definition) is 6. The van der Waals surface area contributed by atoms with Crippen molar-refractivity contribution in [1.29, 1.82) is 0 Å². The maximum atomic E-state index is 13.5. The molecule has 0 fully saturated rings. The van der Waals surface area contributed by atoms with Crippen LogP contribution in [0.15, 0.2) is 103 Å².